The Morgan fingerprint density at radius 3 is 2.55 bits per heavy atom. The topological polar surface area (TPSA) is 38.8 Å². The Bertz CT molecular complexity index is 628. The van der Waals surface area contributed by atoms with Gasteiger partial charge in [0.2, 0.25) is 0 Å². The van der Waals surface area contributed by atoms with Crippen LogP contribution >= 0.6 is 11.6 Å². The summed E-state index contributed by atoms with van der Waals surface area (Å²) in [5.74, 6) is 1.29. The third-order valence-corrected chi connectivity index (χ3v) is 3.41. The van der Waals surface area contributed by atoms with Gasteiger partial charge in [0.25, 0.3) is 5.91 Å². The fraction of sp³-hybridized carbons (Fsp3) is 0.235. The molecule has 0 saturated heterocycles. The van der Waals surface area contributed by atoms with E-state index in [0.29, 0.717) is 17.3 Å². The van der Waals surface area contributed by atoms with Gasteiger partial charge in [0.1, 0.15) is 11.5 Å². The van der Waals surface area contributed by atoms with Gasteiger partial charge in [-0.25, -0.2) is 0 Å². The summed E-state index contributed by atoms with van der Waals surface area (Å²) < 4.78 is 10.6. The Labute approximate surface area is 135 Å². The highest BCUT2D eigenvalue weighted by Crippen LogP contribution is 2.16. The average Bonchev–Trinajstić information content (AvgIpc) is 2.54. The number of carbonyl (C=O) groups excluding carboxylic acids is 1. The van der Waals surface area contributed by atoms with Crippen LogP contribution < -0.4 is 9.47 Å². The van der Waals surface area contributed by atoms with Crippen molar-refractivity contribution in [3.63, 3.8) is 0 Å². The van der Waals surface area contributed by atoms with E-state index >= 15 is 0 Å². The van der Waals surface area contributed by atoms with Gasteiger partial charge in [-0.05, 0) is 42.0 Å². The minimum absolute atomic E-state index is 0.0118. The number of hydrogen-bond donors (Lipinski definition) is 0. The Morgan fingerprint density at radius 1 is 1.14 bits per heavy atom. The van der Waals surface area contributed by atoms with Crippen molar-refractivity contribution < 1.29 is 14.3 Å². The van der Waals surface area contributed by atoms with E-state index in [1.807, 2.05) is 24.3 Å². The van der Waals surface area contributed by atoms with E-state index < -0.39 is 0 Å². The van der Waals surface area contributed by atoms with Gasteiger partial charge >= 0.3 is 0 Å². The van der Waals surface area contributed by atoms with E-state index in [9.17, 15) is 4.79 Å². The first kappa shape index (κ1) is 16.2. The summed E-state index contributed by atoms with van der Waals surface area (Å²) in [5, 5.41) is 0.633. The second-order valence-corrected chi connectivity index (χ2v) is 5.28. The summed E-state index contributed by atoms with van der Waals surface area (Å²) in [7, 11) is 3.36. The van der Waals surface area contributed by atoms with Gasteiger partial charge < -0.3 is 14.4 Å². The molecule has 116 valence electrons. The lowest BCUT2D eigenvalue weighted by atomic mass is 10.2. The van der Waals surface area contributed by atoms with E-state index in [1.165, 1.54) is 0 Å². The van der Waals surface area contributed by atoms with Gasteiger partial charge in [0, 0.05) is 18.6 Å². The lowest BCUT2D eigenvalue weighted by Crippen LogP contribution is -2.30. The lowest BCUT2D eigenvalue weighted by molar-refractivity contribution is -0.132. The molecule has 2 rings (SSSR count). The largest absolute Gasteiger partial charge is 0.497 e. The van der Waals surface area contributed by atoms with E-state index in [0.717, 1.165) is 11.3 Å². The van der Waals surface area contributed by atoms with E-state index in [4.69, 9.17) is 21.1 Å². The number of halogens is 1. The Morgan fingerprint density at radius 2 is 1.86 bits per heavy atom. The van der Waals surface area contributed by atoms with Crippen molar-refractivity contribution in [1.29, 1.82) is 0 Å². The smallest absolute Gasteiger partial charge is 0.260 e. The van der Waals surface area contributed by atoms with Crippen molar-refractivity contribution in [2.75, 3.05) is 20.8 Å². The average molecular weight is 320 g/mol. The first-order valence-electron chi connectivity index (χ1n) is 6.84. The summed E-state index contributed by atoms with van der Waals surface area (Å²) in [6.07, 6.45) is 0. The third kappa shape index (κ3) is 4.67. The molecule has 0 unspecified atom stereocenters. The van der Waals surface area contributed by atoms with Crippen molar-refractivity contribution in [3.05, 3.63) is 59.1 Å². The Kier molecular flexibility index (Phi) is 5.67. The molecule has 2 aromatic rings. The van der Waals surface area contributed by atoms with Gasteiger partial charge in [-0.3, -0.25) is 4.79 Å². The quantitative estimate of drug-likeness (QED) is 0.819. The number of rotatable bonds is 6. The maximum atomic E-state index is 12.1. The number of nitrogens with zero attached hydrogens (tertiary/aromatic N) is 1. The van der Waals surface area contributed by atoms with Gasteiger partial charge in [-0.2, -0.15) is 0 Å². The summed E-state index contributed by atoms with van der Waals surface area (Å²) in [6.45, 7) is 0.488. The molecule has 0 aliphatic carbocycles. The van der Waals surface area contributed by atoms with Crippen LogP contribution in [-0.2, 0) is 11.3 Å². The zero-order valence-corrected chi connectivity index (χ0v) is 13.3. The fourth-order valence-corrected chi connectivity index (χ4v) is 2.04. The Balaban J connectivity index is 1.87. The van der Waals surface area contributed by atoms with Crippen LogP contribution in [0.3, 0.4) is 0 Å². The molecule has 4 nitrogen and oxygen atoms in total. The summed E-state index contributed by atoms with van der Waals surface area (Å²) in [6, 6.07) is 14.5. The van der Waals surface area contributed by atoms with E-state index in [2.05, 4.69) is 0 Å². The van der Waals surface area contributed by atoms with Gasteiger partial charge in [-0.1, -0.05) is 23.7 Å². The second kappa shape index (κ2) is 7.71. The highest BCUT2D eigenvalue weighted by Gasteiger charge is 2.10. The second-order valence-electron chi connectivity index (χ2n) is 4.84. The van der Waals surface area contributed by atoms with Crippen LogP contribution in [-0.4, -0.2) is 31.6 Å². The van der Waals surface area contributed by atoms with Crippen LogP contribution in [0.5, 0.6) is 11.5 Å². The molecule has 0 atom stereocenters. The number of likely N-dealkylation sites (N-methyl/N-ethyl adjacent to an activating group) is 1. The van der Waals surface area contributed by atoms with Crippen LogP contribution in [0.2, 0.25) is 5.02 Å². The van der Waals surface area contributed by atoms with Crippen LogP contribution in [0.1, 0.15) is 5.56 Å². The SMILES string of the molecule is COc1cccc(CN(C)C(=O)COc2ccc(Cl)cc2)c1. The molecule has 22 heavy (non-hydrogen) atoms. The molecule has 0 heterocycles. The number of benzene rings is 2. The van der Waals surface area contributed by atoms with Crippen molar-refractivity contribution in [2.45, 2.75) is 6.54 Å². The zero-order valence-electron chi connectivity index (χ0n) is 12.6. The van der Waals surface area contributed by atoms with Crippen LogP contribution in [0.15, 0.2) is 48.5 Å². The number of carbonyl (C=O) groups is 1. The Hall–Kier alpha value is -2.20. The molecular weight excluding hydrogens is 302 g/mol. The maximum Gasteiger partial charge on any atom is 0.260 e. The summed E-state index contributed by atoms with van der Waals surface area (Å²) in [5.41, 5.74) is 1.00. The van der Waals surface area contributed by atoms with Crippen molar-refractivity contribution in [3.8, 4) is 11.5 Å². The molecule has 0 N–H and O–H groups in total. The number of ether oxygens (including phenoxy) is 2. The molecule has 0 radical (unpaired) electrons. The van der Waals surface area contributed by atoms with Crippen molar-refractivity contribution in [2.24, 2.45) is 0 Å². The molecule has 5 heteroatoms. The number of methoxy groups -OCH3 is 1. The normalized spacial score (nSPS) is 10.1. The van der Waals surface area contributed by atoms with Crippen molar-refractivity contribution >= 4 is 17.5 Å². The molecule has 0 saturated carbocycles. The van der Waals surface area contributed by atoms with Gasteiger partial charge in [0.05, 0.1) is 7.11 Å². The standard InChI is InChI=1S/C17H18ClNO3/c1-19(11-13-4-3-5-16(10-13)21-2)17(20)12-22-15-8-6-14(18)7-9-15/h3-10H,11-12H2,1-2H3. The predicted octanol–water partition coefficient (Wildman–Crippen LogP) is 3.39. The molecule has 0 aliphatic rings. The molecule has 0 spiro atoms. The molecule has 1 amide bonds. The monoisotopic (exact) mass is 319 g/mol. The summed E-state index contributed by atoms with van der Waals surface area (Å²) >= 11 is 5.80. The maximum absolute atomic E-state index is 12.1. The number of hydrogen-bond acceptors (Lipinski definition) is 3. The predicted molar refractivity (Wildman–Crippen MR) is 86.4 cm³/mol. The van der Waals surface area contributed by atoms with Crippen molar-refractivity contribution in [1.82, 2.24) is 4.90 Å². The first-order valence-corrected chi connectivity index (χ1v) is 7.21. The minimum Gasteiger partial charge on any atom is -0.497 e. The van der Waals surface area contributed by atoms with Gasteiger partial charge in [-0.15, -0.1) is 0 Å². The molecule has 0 fully saturated rings. The van der Waals surface area contributed by atoms with E-state index in [1.54, 1.807) is 43.3 Å². The van der Waals surface area contributed by atoms with Crippen LogP contribution in [0.25, 0.3) is 0 Å². The minimum atomic E-state index is -0.0993. The lowest BCUT2D eigenvalue weighted by Gasteiger charge is -2.18. The molecular formula is C17H18ClNO3. The van der Waals surface area contributed by atoms with Crippen LogP contribution in [0.4, 0.5) is 0 Å². The molecule has 2 aromatic carbocycles. The zero-order chi connectivity index (χ0) is 15.9. The highest BCUT2D eigenvalue weighted by molar-refractivity contribution is 6.30. The molecule has 0 aliphatic heterocycles. The highest BCUT2D eigenvalue weighted by atomic mass is 35.5. The summed E-state index contributed by atoms with van der Waals surface area (Å²) in [4.78, 5) is 13.7. The third-order valence-electron chi connectivity index (χ3n) is 3.16. The molecule has 0 bridgehead atoms. The van der Waals surface area contributed by atoms with Gasteiger partial charge in [0.15, 0.2) is 6.61 Å². The number of amides is 1. The van der Waals surface area contributed by atoms with Crippen LogP contribution in [0, 0.1) is 0 Å². The first-order chi connectivity index (χ1) is 10.6. The van der Waals surface area contributed by atoms with E-state index in [-0.39, 0.29) is 12.5 Å². The molecule has 0 aromatic heterocycles. The fourth-order valence-electron chi connectivity index (χ4n) is 1.92.